The Bertz CT molecular complexity index is 2030. The second kappa shape index (κ2) is 13.1. The molecule has 0 radical (unpaired) electrons. The summed E-state index contributed by atoms with van der Waals surface area (Å²) in [7, 11) is -2.84. The summed E-state index contributed by atoms with van der Waals surface area (Å²) in [4.78, 5) is 0. The predicted molar refractivity (Wildman–Crippen MR) is 131 cm³/mol. The number of hydrogen-bond donors (Lipinski definition) is 2. The average Bonchev–Trinajstić information content (AvgIpc) is 3.03. The molecule has 0 saturated heterocycles. The normalized spacial score (nSPS) is 11.1. The van der Waals surface area contributed by atoms with Gasteiger partial charge in [0.1, 0.15) is 5.82 Å². The maximum atomic E-state index is 14.1. The van der Waals surface area contributed by atoms with Gasteiger partial charge in [0.25, 0.3) is 0 Å². The van der Waals surface area contributed by atoms with Crippen LogP contribution in [-0.4, -0.2) is 17.4 Å². The summed E-state index contributed by atoms with van der Waals surface area (Å²) < 4.78 is 206. The van der Waals surface area contributed by atoms with Crippen LogP contribution in [0.25, 0.3) is 33.0 Å². The molecule has 47 heavy (non-hydrogen) atoms. The van der Waals surface area contributed by atoms with Crippen LogP contribution in [0.3, 0.4) is 0 Å². The van der Waals surface area contributed by atoms with Crippen LogP contribution in [0.1, 0.15) is 0 Å². The summed E-state index contributed by atoms with van der Waals surface area (Å²) in [5.41, 5.74) is -3.14. The Morgan fingerprint density at radius 1 is 0.426 bits per heavy atom. The van der Waals surface area contributed by atoms with Crippen molar-refractivity contribution >= 4 is 18.1 Å². The first-order valence-corrected chi connectivity index (χ1v) is 12.0. The molecule has 5 aromatic rings. The molecule has 0 bridgehead atoms. The molecule has 0 fully saturated rings. The minimum atomic E-state index is -2.84. The van der Waals surface area contributed by atoms with E-state index in [2.05, 4.69) is 4.65 Å². The SMILES string of the molecule is Fc1cc(F)c(F)c(-c2ccccc2-c2c(F)c(F)c(F)c(F)c2F)c1.OB(O)Oc1c(F)c(F)c(F)c2c(F)c(F)c(F)c(F)c12. The van der Waals surface area contributed by atoms with E-state index in [1.165, 1.54) is 12.1 Å². The molecule has 0 aliphatic carbocycles. The maximum absolute atomic E-state index is 14.1. The molecule has 246 valence electrons. The summed E-state index contributed by atoms with van der Waals surface area (Å²) in [5.74, 6) is -33.6. The lowest BCUT2D eigenvalue weighted by molar-refractivity contribution is 0.279. The highest BCUT2D eigenvalue weighted by molar-refractivity contribution is 6.34. The van der Waals surface area contributed by atoms with Crippen LogP contribution in [0, 0.1) is 87.3 Å². The number of rotatable bonds is 4. The molecule has 0 aromatic heterocycles. The van der Waals surface area contributed by atoms with Crippen LogP contribution in [0.5, 0.6) is 5.75 Å². The molecular weight excluding hydrogens is 680 g/mol. The van der Waals surface area contributed by atoms with Crippen LogP contribution in [0.4, 0.5) is 65.9 Å². The molecule has 0 amide bonds. The van der Waals surface area contributed by atoms with Gasteiger partial charge >= 0.3 is 7.32 Å². The zero-order valence-corrected chi connectivity index (χ0v) is 22.0. The summed E-state index contributed by atoms with van der Waals surface area (Å²) >= 11 is 0. The van der Waals surface area contributed by atoms with Crippen molar-refractivity contribution in [3.8, 4) is 28.0 Å². The second-order valence-electron chi connectivity index (χ2n) is 8.96. The molecule has 2 N–H and O–H groups in total. The van der Waals surface area contributed by atoms with Crippen molar-refractivity contribution in [2.45, 2.75) is 0 Å². The van der Waals surface area contributed by atoms with Gasteiger partial charge in [-0.1, -0.05) is 24.3 Å². The van der Waals surface area contributed by atoms with E-state index >= 15 is 0 Å². The Labute approximate surface area is 250 Å². The molecule has 3 nitrogen and oxygen atoms in total. The van der Waals surface area contributed by atoms with E-state index in [0.717, 1.165) is 12.1 Å². The Balaban J connectivity index is 0.000000218. The molecule has 0 heterocycles. The minimum absolute atomic E-state index is 0.250. The van der Waals surface area contributed by atoms with Gasteiger partial charge in [0, 0.05) is 11.6 Å². The highest BCUT2D eigenvalue weighted by atomic mass is 19.2. The standard InChI is InChI=1S/C18H6F8.C10H2BF7O3/c19-7-5-10(13(21)11(20)6-7)8-3-1-2-4-9(8)12-14(22)16(24)18(26)17(25)15(12)23;12-3-1-2(5(14)7(16)6(3)15)10(21-11(19)20)9(18)8(17)4(1)13/h1-6H;19-20H. The van der Waals surface area contributed by atoms with Crippen LogP contribution in [0.15, 0.2) is 36.4 Å². The van der Waals surface area contributed by atoms with Gasteiger partial charge in [-0.2, -0.15) is 4.39 Å². The van der Waals surface area contributed by atoms with Crippen molar-refractivity contribution in [1.82, 2.24) is 0 Å². The highest BCUT2D eigenvalue weighted by Gasteiger charge is 2.33. The first-order valence-electron chi connectivity index (χ1n) is 12.0. The molecule has 19 heteroatoms. The lowest BCUT2D eigenvalue weighted by Crippen LogP contribution is -2.22. The minimum Gasteiger partial charge on any atom is -0.509 e. The van der Waals surface area contributed by atoms with E-state index in [1.54, 1.807) is 0 Å². The van der Waals surface area contributed by atoms with E-state index in [1.807, 2.05) is 0 Å². The number of fused-ring (bicyclic) bond motifs is 1. The molecule has 0 aliphatic heterocycles. The van der Waals surface area contributed by atoms with E-state index in [9.17, 15) is 65.9 Å². The third-order valence-electron chi connectivity index (χ3n) is 6.21. The molecule has 0 saturated carbocycles. The molecule has 5 rings (SSSR count). The summed E-state index contributed by atoms with van der Waals surface area (Å²) in [6, 6.07) is 5.20. The quantitative estimate of drug-likeness (QED) is 0.0866. The Morgan fingerprint density at radius 2 is 0.851 bits per heavy atom. The summed E-state index contributed by atoms with van der Waals surface area (Å²) in [6.45, 7) is 0. The van der Waals surface area contributed by atoms with Gasteiger partial charge in [0.15, 0.2) is 75.6 Å². The van der Waals surface area contributed by atoms with Crippen LogP contribution >= 0.6 is 0 Å². The van der Waals surface area contributed by atoms with E-state index in [-0.39, 0.29) is 6.07 Å². The van der Waals surface area contributed by atoms with Gasteiger partial charge in [-0.25, -0.2) is 61.5 Å². The monoisotopic (exact) mass is 688 g/mol. The van der Waals surface area contributed by atoms with E-state index in [0.29, 0.717) is 6.07 Å². The Kier molecular flexibility index (Phi) is 9.72. The molecular formula is C28H8BF15O3. The third-order valence-corrected chi connectivity index (χ3v) is 6.21. The molecule has 5 aromatic carbocycles. The average molecular weight is 688 g/mol. The largest absolute Gasteiger partial charge is 0.707 e. The molecule has 0 atom stereocenters. The maximum Gasteiger partial charge on any atom is 0.707 e. The second-order valence-corrected chi connectivity index (χ2v) is 8.96. The Hall–Kier alpha value is -4.91. The lowest BCUT2D eigenvalue weighted by atomic mass is 9.93. The van der Waals surface area contributed by atoms with Crippen molar-refractivity contribution in [2.24, 2.45) is 0 Å². The number of benzene rings is 5. The van der Waals surface area contributed by atoms with Gasteiger partial charge < -0.3 is 14.7 Å². The number of halogens is 15. The van der Waals surface area contributed by atoms with Gasteiger partial charge in [-0.3, -0.25) is 0 Å². The summed E-state index contributed by atoms with van der Waals surface area (Å²) in [5, 5.41) is 13.6. The third kappa shape index (κ3) is 6.03. The van der Waals surface area contributed by atoms with Crippen LogP contribution in [0.2, 0.25) is 0 Å². The fraction of sp³-hybridized carbons (Fsp3) is 0. The zero-order chi connectivity index (χ0) is 35.2. The van der Waals surface area contributed by atoms with Gasteiger partial charge in [-0.15, -0.1) is 0 Å². The first kappa shape index (κ1) is 35.0. The van der Waals surface area contributed by atoms with Crippen molar-refractivity contribution in [1.29, 1.82) is 0 Å². The van der Waals surface area contributed by atoms with Crippen LogP contribution in [-0.2, 0) is 0 Å². The lowest BCUT2D eigenvalue weighted by Gasteiger charge is -2.14. The van der Waals surface area contributed by atoms with Crippen molar-refractivity contribution in [3.05, 3.63) is 124 Å². The smallest absolute Gasteiger partial charge is 0.509 e. The molecule has 0 unspecified atom stereocenters. The van der Waals surface area contributed by atoms with Crippen LogP contribution < -0.4 is 4.65 Å². The van der Waals surface area contributed by atoms with Gasteiger partial charge in [0.2, 0.25) is 11.6 Å². The van der Waals surface area contributed by atoms with E-state index < -0.39 is 133 Å². The zero-order valence-electron chi connectivity index (χ0n) is 22.0. The first-order chi connectivity index (χ1) is 21.9. The Morgan fingerprint density at radius 3 is 1.36 bits per heavy atom. The fourth-order valence-electron chi connectivity index (χ4n) is 4.21. The predicted octanol–water partition coefficient (Wildman–Crippen LogP) is 8.30. The van der Waals surface area contributed by atoms with E-state index in [4.69, 9.17) is 10.0 Å². The van der Waals surface area contributed by atoms with Gasteiger partial charge in [-0.05, 0) is 17.2 Å². The number of hydrogen-bond acceptors (Lipinski definition) is 3. The van der Waals surface area contributed by atoms with Gasteiger partial charge in [0.05, 0.1) is 16.3 Å². The molecule has 0 spiro atoms. The topological polar surface area (TPSA) is 49.7 Å². The fourth-order valence-corrected chi connectivity index (χ4v) is 4.21. The summed E-state index contributed by atoms with van der Waals surface area (Å²) in [6.07, 6.45) is 0. The van der Waals surface area contributed by atoms with Crippen molar-refractivity contribution in [2.75, 3.05) is 0 Å². The molecule has 0 aliphatic rings. The highest BCUT2D eigenvalue weighted by Crippen LogP contribution is 2.40. The van der Waals surface area contributed by atoms with Crippen molar-refractivity contribution in [3.63, 3.8) is 0 Å². The van der Waals surface area contributed by atoms with Crippen molar-refractivity contribution < 1.29 is 80.6 Å².